The number of ether oxygens (including phenoxy) is 2. The van der Waals surface area contributed by atoms with Gasteiger partial charge >= 0.3 is 5.97 Å². The van der Waals surface area contributed by atoms with Crippen molar-refractivity contribution in [2.75, 3.05) is 13.7 Å². The van der Waals surface area contributed by atoms with E-state index in [2.05, 4.69) is 21.1 Å². The van der Waals surface area contributed by atoms with Gasteiger partial charge in [-0.05, 0) is 53.1 Å². The minimum absolute atomic E-state index is 0.0718. The van der Waals surface area contributed by atoms with E-state index in [0.29, 0.717) is 19.4 Å². The average molecular weight is 482 g/mol. The summed E-state index contributed by atoms with van der Waals surface area (Å²) in [5, 5.41) is 6.33. The Balaban J connectivity index is 1.28. The molecule has 0 amide bonds. The third-order valence-corrected chi connectivity index (χ3v) is 6.05. The van der Waals surface area contributed by atoms with Crippen molar-refractivity contribution < 1.29 is 19.1 Å². The van der Waals surface area contributed by atoms with E-state index in [1.807, 2.05) is 67.6 Å². The molecule has 3 aromatic rings. The van der Waals surface area contributed by atoms with Gasteiger partial charge in [-0.15, -0.1) is 0 Å². The van der Waals surface area contributed by atoms with E-state index < -0.39 is 0 Å². The molecule has 0 spiro atoms. The van der Waals surface area contributed by atoms with Gasteiger partial charge < -0.3 is 14.3 Å². The first kappa shape index (κ1) is 21.4. The summed E-state index contributed by atoms with van der Waals surface area (Å²) in [4.78, 5) is 18.1. The van der Waals surface area contributed by atoms with Crippen LogP contribution >= 0.6 is 15.9 Å². The fraction of sp³-hybridized carbons (Fsp3) is 0.280. The maximum absolute atomic E-state index is 12.6. The van der Waals surface area contributed by atoms with Gasteiger partial charge in [0.1, 0.15) is 11.9 Å². The molecule has 0 aromatic heterocycles. The molecule has 0 fully saturated rings. The van der Waals surface area contributed by atoms with Gasteiger partial charge in [-0.3, -0.25) is 4.79 Å². The molecule has 0 radical (unpaired) electrons. The zero-order valence-electron chi connectivity index (χ0n) is 17.5. The first-order valence-electron chi connectivity index (χ1n) is 10.3. The molecule has 0 saturated heterocycles. The number of rotatable bonds is 7. The molecular formula is C25H24BrNO4. The highest BCUT2D eigenvalue weighted by molar-refractivity contribution is 9.10. The SMILES string of the molecule is COc1ccc2cc([C@H](C)C(=O)OCCC3CC(c4ccc(Br)cc4)=NO3)ccc2c1. The minimum atomic E-state index is -0.342. The highest BCUT2D eigenvalue weighted by Gasteiger charge is 2.23. The lowest BCUT2D eigenvalue weighted by atomic mass is 9.98. The summed E-state index contributed by atoms with van der Waals surface area (Å²) in [6.07, 6.45) is 1.25. The lowest BCUT2D eigenvalue weighted by Crippen LogP contribution is -2.17. The predicted octanol–water partition coefficient (Wildman–Crippen LogP) is 5.84. The standard InChI is InChI=1S/C25H24BrNO4/c1-16(18-3-4-20-14-22(29-2)10-7-19(20)13-18)25(28)30-12-11-23-15-24(27-31-23)17-5-8-21(26)9-6-17/h3-10,13-14,16,23H,11-12,15H2,1-2H3/t16-,23?/m0/s1. The summed E-state index contributed by atoms with van der Waals surface area (Å²) in [5.41, 5.74) is 2.90. The van der Waals surface area contributed by atoms with Gasteiger partial charge in [0.25, 0.3) is 0 Å². The summed E-state index contributed by atoms with van der Waals surface area (Å²) < 4.78 is 11.8. The largest absolute Gasteiger partial charge is 0.497 e. The number of hydrogen-bond donors (Lipinski definition) is 0. The Hall–Kier alpha value is -2.86. The van der Waals surface area contributed by atoms with Crippen LogP contribution in [0.2, 0.25) is 0 Å². The summed E-state index contributed by atoms with van der Waals surface area (Å²) in [7, 11) is 1.65. The van der Waals surface area contributed by atoms with Crippen molar-refractivity contribution in [1.82, 2.24) is 0 Å². The molecule has 0 saturated carbocycles. The molecule has 1 aliphatic heterocycles. The van der Waals surface area contributed by atoms with Gasteiger partial charge in [-0.25, -0.2) is 0 Å². The van der Waals surface area contributed by atoms with Gasteiger partial charge in [0.15, 0.2) is 0 Å². The summed E-state index contributed by atoms with van der Waals surface area (Å²) >= 11 is 3.43. The molecular weight excluding hydrogens is 458 g/mol. The Morgan fingerprint density at radius 3 is 2.65 bits per heavy atom. The van der Waals surface area contributed by atoms with Crippen molar-refractivity contribution >= 4 is 38.4 Å². The molecule has 31 heavy (non-hydrogen) atoms. The second-order valence-corrected chi connectivity index (χ2v) is 8.54. The third-order valence-electron chi connectivity index (χ3n) is 5.52. The number of carbonyl (C=O) groups is 1. The molecule has 5 nitrogen and oxygen atoms in total. The highest BCUT2D eigenvalue weighted by atomic mass is 79.9. The maximum atomic E-state index is 12.6. The molecule has 0 aliphatic carbocycles. The zero-order valence-corrected chi connectivity index (χ0v) is 19.1. The van der Waals surface area contributed by atoms with E-state index >= 15 is 0 Å². The van der Waals surface area contributed by atoms with Crippen LogP contribution < -0.4 is 4.74 Å². The van der Waals surface area contributed by atoms with Crippen LogP contribution in [0, 0.1) is 0 Å². The smallest absolute Gasteiger partial charge is 0.313 e. The summed E-state index contributed by atoms with van der Waals surface area (Å²) in [6.45, 7) is 2.18. The topological polar surface area (TPSA) is 57.1 Å². The second-order valence-electron chi connectivity index (χ2n) is 7.63. The molecule has 2 atom stereocenters. The van der Waals surface area contributed by atoms with Gasteiger partial charge in [-0.1, -0.05) is 57.5 Å². The minimum Gasteiger partial charge on any atom is -0.497 e. The molecule has 1 unspecified atom stereocenters. The first-order valence-corrected chi connectivity index (χ1v) is 11.1. The van der Waals surface area contributed by atoms with Crippen LogP contribution in [-0.4, -0.2) is 31.5 Å². The van der Waals surface area contributed by atoms with E-state index in [1.54, 1.807) is 7.11 Å². The molecule has 160 valence electrons. The average Bonchev–Trinajstić information content (AvgIpc) is 3.27. The molecule has 1 heterocycles. The highest BCUT2D eigenvalue weighted by Crippen LogP contribution is 2.26. The van der Waals surface area contributed by atoms with Gasteiger partial charge in [0.05, 0.1) is 25.3 Å². The normalized spacial score (nSPS) is 16.5. The quantitative estimate of drug-likeness (QED) is 0.397. The van der Waals surface area contributed by atoms with Crippen LogP contribution in [0.3, 0.4) is 0 Å². The third kappa shape index (κ3) is 5.07. The molecule has 0 bridgehead atoms. The Morgan fingerprint density at radius 2 is 1.87 bits per heavy atom. The Morgan fingerprint density at radius 1 is 1.13 bits per heavy atom. The Bertz CT molecular complexity index is 1110. The van der Waals surface area contributed by atoms with E-state index in [-0.39, 0.29) is 18.0 Å². The number of benzene rings is 3. The second kappa shape index (κ2) is 9.52. The number of oxime groups is 1. The lowest BCUT2D eigenvalue weighted by Gasteiger charge is -2.14. The van der Waals surface area contributed by atoms with E-state index in [0.717, 1.165) is 37.8 Å². The lowest BCUT2D eigenvalue weighted by molar-refractivity contribution is -0.145. The van der Waals surface area contributed by atoms with Crippen molar-refractivity contribution in [3.8, 4) is 5.75 Å². The van der Waals surface area contributed by atoms with Crippen molar-refractivity contribution in [2.24, 2.45) is 5.16 Å². The number of halogens is 1. The van der Waals surface area contributed by atoms with Crippen LogP contribution in [0.1, 0.15) is 36.8 Å². The van der Waals surface area contributed by atoms with E-state index in [1.165, 1.54) is 0 Å². The molecule has 0 N–H and O–H groups in total. The fourth-order valence-electron chi connectivity index (χ4n) is 3.59. The van der Waals surface area contributed by atoms with Crippen LogP contribution in [-0.2, 0) is 14.4 Å². The molecule has 3 aromatic carbocycles. The van der Waals surface area contributed by atoms with E-state index in [4.69, 9.17) is 14.3 Å². The maximum Gasteiger partial charge on any atom is 0.313 e. The van der Waals surface area contributed by atoms with Crippen LogP contribution in [0.5, 0.6) is 5.75 Å². The monoisotopic (exact) mass is 481 g/mol. The molecule has 1 aliphatic rings. The van der Waals surface area contributed by atoms with E-state index in [9.17, 15) is 4.79 Å². The van der Waals surface area contributed by atoms with Crippen molar-refractivity contribution in [2.45, 2.75) is 31.8 Å². The summed E-state index contributed by atoms with van der Waals surface area (Å²) in [6, 6.07) is 19.9. The zero-order chi connectivity index (χ0) is 21.8. The molecule has 6 heteroatoms. The number of esters is 1. The predicted molar refractivity (Wildman–Crippen MR) is 125 cm³/mol. The van der Waals surface area contributed by atoms with Gasteiger partial charge in [-0.2, -0.15) is 0 Å². The Kier molecular flexibility index (Phi) is 6.56. The first-order chi connectivity index (χ1) is 15.0. The van der Waals surface area contributed by atoms with Gasteiger partial charge in [0.2, 0.25) is 0 Å². The van der Waals surface area contributed by atoms with Crippen LogP contribution in [0.15, 0.2) is 70.3 Å². The number of fused-ring (bicyclic) bond motifs is 1. The summed E-state index contributed by atoms with van der Waals surface area (Å²) in [5.74, 6) is 0.236. The van der Waals surface area contributed by atoms with Crippen molar-refractivity contribution in [3.63, 3.8) is 0 Å². The molecule has 4 rings (SSSR count). The number of methoxy groups -OCH3 is 1. The van der Waals surface area contributed by atoms with Crippen molar-refractivity contribution in [1.29, 1.82) is 0 Å². The number of hydrogen-bond acceptors (Lipinski definition) is 5. The number of carbonyl (C=O) groups excluding carboxylic acids is 1. The van der Waals surface area contributed by atoms with Crippen LogP contribution in [0.25, 0.3) is 10.8 Å². The fourth-order valence-corrected chi connectivity index (χ4v) is 3.85. The van der Waals surface area contributed by atoms with Crippen molar-refractivity contribution in [3.05, 3.63) is 76.3 Å². The Labute approximate surface area is 190 Å². The number of nitrogens with zero attached hydrogens (tertiary/aromatic N) is 1. The van der Waals surface area contributed by atoms with Crippen LogP contribution in [0.4, 0.5) is 0 Å². The van der Waals surface area contributed by atoms with Gasteiger partial charge in [0, 0.05) is 17.3 Å².